The number of fused-ring (bicyclic) bond motifs is 1. The highest BCUT2D eigenvalue weighted by Crippen LogP contribution is 2.13. The molecule has 2 N–H and O–H groups in total. The zero-order valence-electron chi connectivity index (χ0n) is 12.4. The van der Waals surface area contributed by atoms with E-state index in [9.17, 15) is 4.79 Å². The van der Waals surface area contributed by atoms with Gasteiger partial charge in [-0.2, -0.15) is 5.26 Å². The molecule has 0 bridgehead atoms. The number of aromatic amines is 1. The number of carbonyl (C=O) groups excluding carboxylic acids is 1. The van der Waals surface area contributed by atoms with Gasteiger partial charge in [0.25, 0.3) is 0 Å². The Balaban J connectivity index is 1.65. The van der Waals surface area contributed by atoms with E-state index in [0.717, 1.165) is 11.0 Å². The van der Waals surface area contributed by atoms with Gasteiger partial charge in [0, 0.05) is 13.2 Å². The molecule has 2 heterocycles. The third kappa shape index (κ3) is 3.27. The molecule has 7 nitrogen and oxygen atoms in total. The van der Waals surface area contributed by atoms with Crippen molar-refractivity contribution >= 4 is 28.7 Å². The molecule has 23 heavy (non-hydrogen) atoms. The first-order valence-corrected chi connectivity index (χ1v) is 6.97. The number of rotatable bonds is 4. The summed E-state index contributed by atoms with van der Waals surface area (Å²) >= 11 is 0. The van der Waals surface area contributed by atoms with Gasteiger partial charge in [-0.3, -0.25) is 10.1 Å². The Morgan fingerprint density at radius 1 is 1.35 bits per heavy atom. The molecule has 3 aromatic rings. The topological polar surface area (TPSA) is 97.7 Å². The Morgan fingerprint density at radius 3 is 2.87 bits per heavy atom. The lowest BCUT2D eigenvalue weighted by Crippen LogP contribution is -2.30. The van der Waals surface area contributed by atoms with Gasteiger partial charge >= 0.3 is 0 Å². The van der Waals surface area contributed by atoms with Crippen LogP contribution in [0.2, 0.25) is 0 Å². The number of H-pyrrole nitrogens is 1. The average molecular weight is 306 g/mol. The largest absolute Gasteiger partial charge is 0.350 e. The summed E-state index contributed by atoms with van der Waals surface area (Å²) in [5.41, 5.74) is 2.14. The number of likely N-dealkylation sites (N-methyl/N-ethyl adjacent to an activating group) is 1. The zero-order chi connectivity index (χ0) is 16.2. The number of nitrogens with one attached hydrogen (secondary N) is 2. The molecule has 0 fully saturated rings. The molecule has 0 aliphatic rings. The molecule has 7 heteroatoms. The number of hydrogen-bond donors (Lipinski definition) is 2. The van der Waals surface area contributed by atoms with E-state index < -0.39 is 0 Å². The minimum Gasteiger partial charge on any atom is -0.350 e. The Bertz CT molecular complexity index is 844. The van der Waals surface area contributed by atoms with E-state index in [2.05, 4.69) is 20.3 Å². The standard InChI is InChI=1S/C16H14N6O/c1-22(14-7-6-11(8-17)9-18-14)10-15(23)21-16-19-12-4-2-3-5-13(12)20-16/h2-7,9H,10H2,1H3,(H2,19,20,21,23). The first-order valence-electron chi connectivity index (χ1n) is 6.97. The third-order valence-electron chi connectivity index (χ3n) is 3.30. The number of para-hydroxylation sites is 2. The van der Waals surface area contributed by atoms with E-state index in [4.69, 9.17) is 5.26 Å². The number of anilines is 2. The van der Waals surface area contributed by atoms with Crippen LogP contribution in [0.15, 0.2) is 42.6 Å². The predicted octanol–water partition coefficient (Wildman–Crippen LogP) is 1.90. The Hall–Kier alpha value is -3.40. The lowest BCUT2D eigenvalue weighted by Gasteiger charge is -2.16. The Kier molecular flexibility index (Phi) is 3.89. The van der Waals surface area contributed by atoms with Crippen molar-refractivity contribution in [2.75, 3.05) is 23.8 Å². The highest BCUT2D eigenvalue weighted by atomic mass is 16.2. The van der Waals surface area contributed by atoms with Crippen molar-refractivity contribution in [3.05, 3.63) is 48.2 Å². The van der Waals surface area contributed by atoms with Gasteiger partial charge in [-0.1, -0.05) is 12.1 Å². The number of pyridine rings is 1. The van der Waals surface area contributed by atoms with Crippen molar-refractivity contribution in [1.29, 1.82) is 5.26 Å². The molecule has 1 amide bonds. The SMILES string of the molecule is CN(CC(=O)Nc1nc2ccccc2[nH]1)c1ccc(C#N)cn1. The molecular weight excluding hydrogens is 292 g/mol. The van der Waals surface area contributed by atoms with E-state index in [1.165, 1.54) is 6.20 Å². The van der Waals surface area contributed by atoms with Crippen LogP contribution in [-0.2, 0) is 4.79 Å². The number of imidazole rings is 1. The van der Waals surface area contributed by atoms with Crippen LogP contribution in [0.25, 0.3) is 11.0 Å². The van der Waals surface area contributed by atoms with Gasteiger partial charge in [-0.05, 0) is 24.3 Å². The first kappa shape index (κ1) is 14.5. The molecule has 0 spiro atoms. The van der Waals surface area contributed by atoms with E-state index in [1.807, 2.05) is 30.3 Å². The van der Waals surface area contributed by atoms with Gasteiger partial charge in [0.1, 0.15) is 11.9 Å². The summed E-state index contributed by atoms with van der Waals surface area (Å²) in [6.45, 7) is 0.121. The molecular formula is C16H14N6O. The Morgan fingerprint density at radius 2 is 2.17 bits per heavy atom. The van der Waals surface area contributed by atoms with Crippen LogP contribution in [-0.4, -0.2) is 34.5 Å². The molecule has 0 saturated heterocycles. The summed E-state index contributed by atoms with van der Waals surface area (Å²) in [4.78, 5) is 25.3. The van der Waals surface area contributed by atoms with Crippen molar-refractivity contribution in [1.82, 2.24) is 15.0 Å². The van der Waals surface area contributed by atoms with Crippen LogP contribution >= 0.6 is 0 Å². The van der Waals surface area contributed by atoms with Crippen LogP contribution < -0.4 is 10.2 Å². The highest BCUT2D eigenvalue weighted by molar-refractivity contribution is 5.93. The smallest absolute Gasteiger partial charge is 0.246 e. The fraction of sp³-hybridized carbons (Fsp3) is 0.125. The van der Waals surface area contributed by atoms with Crippen LogP contribution in [0.1, 0.15) is 5.56 Å². The normalized spacial score (nSPS) is 10.3. The number of hydrogen-bond acceptors (Lipinski definition) is 5. The molecule has 0 unspecified atom stereocenters. The molecule has 0 radical (unpaired) electrons. The van der Waals surface area contributed by atoms with E-state index in [-0.39, 0.29) is 12.5 Å². The lowest BCUT2D eigenvalue weighted by molar-refractivity contribution is -0.115. The number of nitrogens with zero attached hydrogens (tertiary/aromatic N) is 4. The maximum absolute atomic E-state index is 12.1. The molecule has 0 aliphatic heterocycles. The maximum Gasteiger partial charge on any atom is 0.246 e. The van der Waals surface area contributed by atoms with Crippen LogP contribution in [0, 0.1) is 11.3 Å². The molecule has 0 atom stereocenters. The maximum atomic E-state index is 12.1. The van der Waals surface area contributed by atoms with Gasteiger partial charge in [-0.25, -0.2) is 9.97 Å². The minimum atomic E-state index is -0.210. The van der Waals surface area contributed by atoms with Gasteiger partial charge in [0.15, 0.2) is 0 Å². The predicted molar refractivity (Wildman–Crippen MR) is 86.9 cm³/mol. The third-order valence-corrected chi connectivity index (χ3v) is 3.30. The zero-order valence-corrected chi connectivity index (χ0v) is 12.4. The number of nitriles is 1. The monoisotopic (exact) mass is 306 g/mol. The van der Waals surface area contributed by atoms with Crippen LogP contribution in [0.3, 0.4) is 0 Å². The van der Waals surface area contributed by atoms with Gasteiger partial charge < -0.3 is 9.88 Å². The highest BCUT2D eigenvalue weighted by Gasteiger charge is 2.11. The minimum absolute atomic E-state index is 0.121. The van der Waals surface area contributed by atoms with Gasteiger partial charge in [0.2, 0.25) is 11.9 Å². The number of carbonyl (C=O) groups is 1. The van der Waals surface area contributed by atoms with Crippen LogP contribution in [0.5, 0.6) is 0 Å². The van der Waals surface area contributed by atoms with Gasteiger partial charge in [0.05, 0.1) is 23.1 Å². The summed E-state index contributed by atoms with van der Waals surface area (Å²) < 4.78 is 0. The number of benzene rings is 1. The summed E-state index contributed by atoms with van der Waals surface area (Å²) in [7, 11) is 1.76. The molecule has 2 aromatic heterocycles. The van der Waals surface area contributed by atoms with E-state index >= 15 is 0 Å². The van der Waals surface area contributed by atoms with Crippen molar-refractivity contribution in [2.45, 2.75) is 0 Å². The van der Waals surface area contributed by atoms with Crippen molar-refractivity contribution in [3.8, 4) is 6.07 Å². The molecule has 0 aliphatic carbocycles. The molecule has 114 valence electrons. The second kappa shape index (κ2) is 6.15. The van der Waals surface area contributed by atoms with Crippen LogP contribution in [0.4, 0.5) is 11.8 Å². The summed E-state index contributed by atoms with van der Waals surface area (Å²) in [5.74, 6) is 0.818. The molecule has 1 aromatic carbocycles. The summed E-state index contributed by atoms with van der Waals surface area (Å²) in [6.07, 6.45) is 1.48. The first-order chi connectivity index (χ1) is 11.2. The lowest BCUT2D eigenvalue weighted by atomic mass is 10.3. The number of aromatic nitrogens is 3. The van der Waals surface area contributed by atoms with Crippen molar-refractivity contribution in [2.24, 2.45) is 0 Å². The Labute approximate surface area is 132 Å². The quantitative estimate of drug-likeness (QED) is 0.767. The molecule has 3 rings (SSSR count). The number of amides is 1. The second-order valence-electron chi connectivity index (χ2n) is 5.02. The van der Waals surface area contributed by atoms with Crippen molar-refractivity contribution < 1.29 is 4.79 Å². The molecule has 0 saturated carbocycles. The summed E-state index contributed by atoms with van der Waals surface area (Å²) in [5, 5.41) is 11.5. The van der Waals surface area contributed by atoms with E-state index in [1.54, 1.807) is 24.1 Å². The fourth-order valence-electron chi connectivity index (χ4n) is 2.16. The fourth-order valence-corrected chi connectivity index (χ4v) is 2.16. The van der Waals surface area contributed by atoms with Crippen molar-refractivity contribution in [3.63, 3.8) is 0 Å². The second-order valence-corrected chi connectivity index (χ2v) is 5.02. The average Bonchev–Trinajstić information content (AvgIpc) is 2.96. The summed E-state index contributed by atoms with van der Waals surface area (Å²) in [6, 6.07) is 12.9. The van der Waals surface area contributed by atoms with Gasteiger partial charge in [-0.15, -0.1) is 0 Å². The van der Waals surface area contributed by atoms with E-state index in [0.29, 0.717) is 17.3 Å².